The third-order valence-electron chi connectivity index (χ3n) is 3.46. The molecule has 0 atom stereocenters. The highest BCUT2D eigenvalue weighted by atomic mass is 35.5. The predicted molar refractivity (Wildman–Crippen MR) is 94.0 cm³/mol. The molecule has 0 aliphatic rings. The van der Waals surface area contributed by atoms with Crippen LogP contribution in [0.3, 0.4) is 0 Å². The predicted octanol–water partition coefficient (Wildman–Crippen LogP) is 3.95. The standard InChI is InChI=1S/C18H19ClN2O2/c1-12-7-8-17(13(2)9-12)20-18(23)11-21(14(3)22)16-6-4-5-15(19)10-16/h4-10H,11H2,1-3H3,(H,20,23). The molecule has 1 N–H and O–H groups in total. The van der Waals surface area contributed by atoms with Gasteiger partial charge in [-0.1, -0.05) is 35.4 Å². The Balaban J connectivity index is 2.14. The Labute approximate surface area is 141 Å². The fraction of sp³-hybridized carbons (Fsp3) is 0.222. The summed E-state index contributed by atoms with van der Waals surface area (Å²) in [5.74, 6) is -0.477. The van der Waals surface area contributed by atoms with Gasteiger partial charge < -0.3 is 10.2 Å². The molecule has 0 radical (unpaired) electrons. The largest absolute Gasteiger partial charge is 0.324 e. The van der Waals surface area contributed by atoms with Crippen molar-refractivity contribution in [3.05, 3.63) is 58.6 Å². The fourth-order valence-electron chi connectivity index (χ4n) is 2.32. The molecule has 2 rings (SSSR count). The summed E-state index contributed by atoms with van der Waals surface area (Å²) in [4.78, 5) is 25.5. The number of nitrogens with one attached hydrogen (secondary N) is 1. The number of anilines is 2. The van der Waals surface area contributed by atoms with Gasteiger partial charge in [0.15, 0.2) is 0 Å². The van der Waals surface area contributed by atoms with Crippen molar-refractivity contribution in [1.29, 1.82) is 0 Å². The number of carbonyl (C=O) groups excluding carboxylic acids is 2. The summed E-state index contributed by atoms with van der Waals surface area (Å²) in [5.41, 5.74) is 3.45. The first-order chi connectivity index (χ1) is 10.9. The van der Waals surface area contributed by atoms with Crippen LogP contribution in [0.25, 0.3) is 0 Å². The lowest BCUT2D eigenvalue weighted by Gasteiger charge is -2.21. The molecule has 0 saturated heterocycles. The molecule has 2 aromatic carbocycles. The zero-order valence-corrected chi connectivity index (χ0v) is 14.1. The van der Waals surface area contributed by atoms with Crippen molar-refractivity contribution >= 4 is 34.8 Å². The number of nitrogens with zero attached hydrogens (tertiary/aromatic N) is 1. The summed E-state index contributed by atoms with van der Waals surface area (Å²) >= 11 is 5.96. The van der Waals surface area contributed by atoms with Crippen LogP contribution < -0.4 is 10.2 Å². The van der Waals surface area contributed by atoms with Crippen LogP contribution in [-0.2, 0) is 9.59 Å². The lowest BCUT2D eigenvalue weighted by Crippen LogP contribution is -2.36. The van der Waals surface area contributed by atoms with Crippen molar-refractivity contribution in [1.82, 2.24) is 0 Å². The normalized spacial score (nSPS) is 10.3. The first-order valence-electron chi connectivity index (χ1n) is 7.27. The third kappa shape index (κ3) is 4.57. The number of carbonyl (C=O) groups is 2. The van der Waals surface area contributed by atoms with E-state index in [9.17, 15) is 9.59 Å². The van der Waals surface area contributed by atoms with E-state index in [1.54, 1.807) is 24.3 Å². The van der Waals surface area contributed by atoms with E-state index in [1.807, 2.05) is 32.0 Å². The Morgan fingerprint density at radius 1 is 1.13 bits per heavy atom. The Hall–Kier alpha value is -2.33. The van der Waals surface area contributed by atoms with Crippen LogP contribution in [0.15, 0.2) is 42.5 Å². The minimum absolute atomic E-state index is 0.0665. The van der Waals surface area contributed by atoms with Gasteiger partial charge in [-0.25, -0.2) is 0 Å². The number of amides is 2. The van der Waals surface area contributed by atoms with Crippen LogP contribution in [-0.4, -0.2) is 18.4 Å². The second-order valence-electron chi connectivity index (χ2n) is 5.45. The molecule has 0 saturated carbocycles. The molecule has 5 heteroatoms. The number of hydrogen-bond donors (Lipinski definition) is 1. The highest BCUT2D eigenvalue weighted by molar-refractivity contribution is 6.31. The molecule has 0 heterocycles. The van der Waals surface area contributed by atoms with E-state index >= 15 is 0 Å². The molecule has 0 unspecified atom stereocenters. The summed E-state index contributed by atoms with van der Waals surface area (Å²) in [6.45, 7) is 5.28. The fourth-order valence-corrected chi connectivity index (χ4v) is 2.50. The highest BCUT2D eigenvalue weighted by Crippen LogP contribution is 2.20. The van der Waals surface area contributed by atoms with E-state index in [4.69, 9.17) is 11.6 Å². The second kappa shape index (κ2) is 7.29. The Morgan fingerprint density at radius 2 is 1.87 bits per heavy atom. The summed E-state index contributed by atoms with van der Waals surface area (Å²) in [6.07, 6.45) is 0. The van der Waals surface area contributed by atoms with Crippen LogP contribution in [0, 0.1) is 13.8 Å². The Kier molecular flexibility index (Phi) is 5.40. The van der Waals surface area contributed by atoms with E-state index in [0.29, 0.717) is 10.7 Å². The maximum absolute atomic E-state index is 12.3. The molecular formula is C18H19ClN2O2. The minimum atomic E-state index is -0.257. The van der Waals surface area contributed by atoms with Gasteiger partial charge in [0.1, 0.15) is 6.54 Å². The number of hydrogen-bond acceptors (Lipinski definition) is 2. The van der Waals surface area contributed by atoms with E-state index in [0.717, 1.165) is 16.8 Å². The highest BCUT2D eigenvalue weighted by Gasteiger charge is 2.16. The van der Waals surface area contributed by atoms with Crippen LogP contribution in [0.1, 0.15) is 18.1 Å². The molecule has 120 valence electrons. The SMILES string of the molecule is CC(=O)N(CC(=O)Nc1ccc(C)cc1C)c1cccc(Cl)c1. The van der Waals surface area contributed by atoms with Crippen molar-refractivity contribution in [2.45, 2.75) is 20.8 Å². The molecule has 0 aliphatic carbocycles. The summed E-state index contributed by atoms with van der Waals surface area (Å²) in [5, 5.41) is 3.36. The lowest BCUT2D eigenvalue weighted by molar-refractivity contribution is -0.120. The monoisotopic (exact) mass is 330 g/mol. The number of halogens is 1. The van der Waals surface area contributed by atoms with Gasteiger partial charge in [0.05, 0.1) is 0 Å². The number of aryl methyl sites for hydroxylation is 2. The first kappa shape index (κ1) is 17.0. The van der Waals surface area contributed by atoms with Crippen molar-refractivity contribution in [2.24, 2.45) is 0 Å². The molecule has 0 aliphatic heterocycles. The number of rotatable bonds is 4. The van der Waals surface area contributed by atoms with E-state index < -0.39 is 0 Å². The van der Waals surface area contributed by atoms with Crippen molar-refractivity contribution in [3.8, 4) is 0 Å². The molecule has 0 bridgehead atoms. The summed E-state index contributed by atoms with van der Waals surface area (Å²) < 4.78 is 0. The van der Waals surface area contributed by atoms with Crippen molar-refractivity contribution in [2.75, 3.05) is 16.8 Å². The molecular weight excluding hydrogens is 312 g/mol. The second-order valence-corrected chi connectivity index (χ2v) is 5.89. The molecule has 2 aromatic rings. The van der Waals surface area contributed by atoms with Gasteiger partial charge in [-0.3, -0.25) is 9.59 Å². The summed E-state index contributed by atoms with van der Waals surface area (Å²) in [6, 6.07) is 12.7. The average molecular weight is 331 g/mol. The van der Waals surface area contributed by atoms with Gasteiger partial charge in [0.2, 0.25) is 11.8 Å². The lowest BCUT2D eigenvalue weighted by atomic mass is 10.1. The van der Waals surface area contributed by atoms with Gasteiger partial charge in [0, 0.05) is 23.3 Å². The van der Waals surface area contributed by atoms with E-state index in [1.165, 1.54) is 11.8 Å². The van der Waals surface area contributed by atoms with Gasteiger partial charge in [0.25, 0.3) is 0 Å². The zero-order chi connectivity index (χ0) is 17.0. The molecule has 0 fully saturated rings. The van der Waals surface area contributed by atoms with Crippen LogP contribution >= 0.6 is 11.6 Å². The van der Waals surface area contributed by atoms with E-state index in [-0.39, 0.29) is 18.4 Å². The topological polar surface area (TPSA) is 49.4 Å². The summed E-state index contributed by atoms with van der Waals surface area (Å²) in [7, 11) is 0. The van der Waals surface area contributed by atoms with Gasteiger partial charge >= 0.3 is 0 Å². The zero-order valence-electron chi connectivity index (χ0n) is 13.4. The Morgan fingerprint density at radius 3 is 2.48 bits per heavy atom. The van der Waals surface area contributed by atoms with Crippen LogP contribution in [0.2, 0.25) is 5.02 Å². The van der Waals surface area contributed by atoms with Crippen LogP contribution in [0.5, 0.6) is 0 Å². The van der Waals surface area contributed by atoms with Crippen LogP contribution in [0.4, 0.5) is 11.4 Å². The Bertz CT molecular complexity index is 744. The van der Waals surface area contributed by atoms with Gasteiger partial charge in [-0.05, 0) is 43.7 Å². The average Bonchev–Trinajstić information content (AvgIpc) is 2.47. The van der Waals surface area contributed by atoms with Gasteiger partial charge in [-0.15, -0.1) is 0 Å². The quantitative estimate of drug-likeness (QED) is 0.922. The first-order valence-corrected chi connectivity index (χ1v) is 7.65. The van der Waals surface area contributed by atoms with Gasteiger partial charge in [-0.2, -0.15) is 0 Å². The number of benzene rings is 2. The van der Waals surface area contributed by atoms with Crippen molar-refractivity contribution in [3.63, 3.8) is 0 Å². The minimum Gasteiger partial charge on any atom is -0.324 e. The van der Waals surface area contributed by atoms with E-state index in [2.05, 4.69) is 5.32 Å². The molecule has 4 nitrogen and oxygen atoms in total. The maximum atomic E-state index is 12.3. The molecule has 23 heavy (non-hydrogen) atoms. The molecule has 0 aromatic heterocycles. The third-order valence-corrected chi connectivity index (χ3v) is 3.69. The molecule has 0 spiro atoms. The molecule has 2 amide bonds. The smallest absolute Gasteiger partial charge is 0.244 e. The van der Waals surface area contributed by atoms with Crippen molar-refractivity contribution < 1.29 is 9.59 Å². The maximum Gasteiger partial charge on any atom is 0.244 e.